The number of aliphatic hydroxyl groups excluding tert-OH is 1. The van der Waals surface area contributed by atoms with Crippen molar-refractivity contribution in [3.05, 3.63) is 94.5 Å². The van der Waals surface area contributed by atoms with Gasteiger partial charge < -0.3 is 20.1 Å². The van der Waals surface area contributed by atoms with Crippen LogP contribution in [0.3, 0.4) is 0 Å². The molecule has 1 aliphatic carbocycles. The zero-order chi connectivity index (χ0) is 22.0. The van der Waals surface area contributed by atoms with Crippen LogP contribution in [0.1, 0.15) is 22.7 Å². The van der Waals surface area contributed by atoms with E-state index in [9.17, 15) is 24.5 Å². The average molecular weight is 442 g/mol. The number of aliphatic carboxylic acids is 1. The second-order valence-electron chi connectivity index (χ2n) is 7.81. The van der Waals surface area contributed by atoms with E-state index in [0.717, 1.165) is 0 Å². The lowest BCUT2D eigenvalue weighted by Crippen LogP contribution is -2.52. The van der Waals surface area contributed by atoms with Crippen LogP contribution in [0.2, 0.25) is 5.02 Å². The van der Waals surface area contributed by atoms with Gasteiger partial charge in [-0.15, -0.1) is 0 Å². The zero-order valence-electron chi connectivity index (χ0n) is 15.9. The number of halogens is 2. The molecule has 0 saturated heterocycles. The van der Waals surface area contributed by atoms with Gasteiger partial charge in [-0.3, -0.25) is 9.78 Å². The summed E-state index contributed by atoms with van der Waals surface area (Å²) >= 11 is 6.08. The molecule has 5 unspecified atom stereocenters. The number of hydrogen-bond donors (Lipinski definition) is 3. The number of aliphatic hydroxyl groups is 2. The highest BCUT2D eigenvalue weighted by Crippen LogP contribution is 2.68. The number of benzene rings is 2. The van der Waals surface area contributed by atoms with Crippen LogP contribution in [0.25, 0.3) is 0 Å². The summed E-state index contributed by atoms with van der Waals surface area (Å²) in [5, 5.41) is 33.6. The summed E-state index contributed by atoms with van der Waals surface area (Å²) in [7, 11) is 0. The third-order valence-corrected chi connectivity index (χ3v) is 6.51. The Hall–Kier alpha value is -3.00. The predicted octanol–water partition coefficient (Wildman–Crippen LogP) is 3.21. The van der Waals surface area contributed by atoms with Crippen molar-refractivity contribution in [1.29, 1.82) is 0 Å². The van der Waals surface area contributed by atoms with Crippen LogP contribution in [-0.2, 0) is 16.0 Å². The quantitative estimate of drug-likeness (QED) is 0.577. The van der Waals surface area contributed by atoms with Gasteiger partial charge in [0.05, 0.1) is 10.9 Å². The van der Waals surface area contributed by atoms with Gasteiger partial charge in [-0.2, -0.15) is 0 Å². The van der Waals surface area contributed by atoms with Crippen molar-refractivity contribution < 1.29 is 29.2 Å². The highest BCUT2D eigenvalue weighted by atomic mass is 35.5. The molecule has 1 saturated carbocycles. The first-order chi connectivity index (χ1) is 14.8. The molecular weight excluding hydrogens is 425 g/mol. The lowest BCUT2D eigenvalue weighted by molar-refractivity contribution is -0.160. The van der Waals surface area contributed by atoms with Gasteiger partial charge in [0.2, 0.25) is 0 Å². The number of ether oxygens (including phenoxy) is 1. The molecule has 5 rings (SSSR count). The first-order valence-corrected chi connectivity index (χ1v) is 9.97. The number of pyridine rings is 1. The van der Waals surface area contributed by atoms with Crippen LogP contribution in [0.5, 0.6) is 5.75 Å². The summed E-state index contributed by atoms with van der Waals surface area (Å²) < 4.78 is 20.1. The van der Waals surface area contributed by atoms with Crippen LogP contribution < -0.4 is 4.74 Å². The molecule has 3 N–H and O–H groups in total. The topological polar surface area (TPSA) is 99.9 Å². The first-order valence-electron chi connectivity index (χ1n) is 9.60. The monoisotopic (exact) mass is 441 g/mol. The summed E-state index contributed by atoms with van der Waals surface area (Å²) in [4.78, 5) is 16.5. The number of carbonyl (C=O) groups is 1. The largest absolute Gasteiger partial charge is 0.481 e. The van der Waals surface area contributed by atoms with E-state index in [-0.39, 0.29) is 16.5 Å². The first kappa shape index (κ1) is 19.9. The SMILES string of the molecule is O=C(O)C1C(O)C2(O)c3ncc(Cl)cc3OC2(c2ccc(F)cc2)C1c1ccccc1. The number of aromatic nitrogens is 1. The van der Waals surface area contributed by atoms with Crippen LogP contribution in [0.4, 0.5) is 4.39 Å². The second-order valence-corrected chi connectivity index (χ2v) is 8.24. The summed E-state index contributed by atoms with van der Waals surface area (Å²) in [5.74, 6) is -4.13. The van der Waals surface area contributed by atoms with Crippen molar-refractivity contribution in [3.8, 4) is 5.75 Å². The summed E-state index contributed by atoms with van der Waals surface area (Å²) in [6.07, 6.45) is -0.476. The molecule has 158 valence electrons. The van der Waals surface area contributed by atoms with E-state index in [0.29, 0.717) is 11.1 Å². The molecule has 31 heavy (non-hydrogen) atoms. The Balaban J connectivity index is 1.87. The minimum Gasteiger partial charge on any atom is -0.481 e. The average Bonchev–Trinajstić information content (AvgIpc) is 3.12. The molecule has 2 aromatic carbocycles. The molecule has 3 aromatic rings. The number of carboxylic acids is 1. The van der Waals surface area contributed by atoms with Gasteiger partial charge in [-0.05, 0) is 23.3 Å². The van der Waals surface area contributed by atoms with Crippen LogP contribution >= 0.6 is 11.6 Å². The van der Waals surface area contributed by atoms with E-state index in [1.807, 2.05) is 0 Å². The molecule has 6 nitrogen and oxygen atoms in total. The highest BCUT2D eigenvalue weighted by Gasteiger charge is 2.78. The van der Waals surface area contributed by atoms with Gasteiger partial charge in [0, 0.05) is 18.2 Å². The number of carboxylic acid groups (broad SMARTS) is 1. The maximum absolute atomic E-state index is 13.8. The normalized spacial score (nSPS) is 31.0. The number of rotatable bonds is 3. The van der Waals surface area contributed by atoms with E-state index < -0.39 is 40.9 Å². The molecule has 0 spiro atoms. The molecule has 5 atom stereocenters. The fourth-order valence-corrected chi connectivity index (χ4v) is 5.25. The van der Waals surface area contributed by atoms with Gasteiger partial charge in [-0.25, -0.2) is 4.39 Å². The molecule has 0 radical (unpaired) electrons. The van der Waals surface area contributed by atoms with Crippen molar-refractivity contribution in [2.24, 2.45) is 5.92 Å². The Labute approximate surface area is 181 Å². The minimum atomic E-state index is -2.23. The van der Waals surface area contributed by atoms with Crippen molar-refractivity contribution in [1.82, 2.24) is 4.98 Å². The third kappa shape index (κ3) is 2.51. The summed E-state index contributed by atoms with van der Waals surface area (Å²) in [6, 6.07) is 15.3. The van der Waals surface area contributed by atoms with E-state index in [4.69, 9.17) is 16.3 Å². The number of hydrogen-bond acceptors (Lipinski definition) is 5. The molecule has 1 aliphatic heterocycles. The van der Waals surface area contributed by atoms with Crippen LogP contribution in [0.15, 0.2) is 66.9 Å². The fraction of sp³-hybridized carbons (Fsp3) is 0.217. The third-order valence-electron chi connectivity index (χ3n) is 6.30. The van der Waals surface area contributed by atoms with Gasteiger partial charge in [0.25, 0.3) is 0 Å². The zero-order valence-corrected chi connectivity index (χ0v) is 16.7. The van der Waals surface area contributed by atoms with Crippen molar-refractivity contribution in [2.75, 3.05) is 0 Å². The Kier molecular flexibility index (Phi) is 4.34. The lowest BCUT2D eigenvalue weighted by atomic mass is 9.71. The maximum atomic E-state index is 13.8. The Morgan fingerprint density at radius 3 is 2.45 bits per heavy atom. The van der Waals surface area contributed by atoms with Gasteiger partial charge in [-0.1, -0.05) is 54.1 Å². The van der Waals surface area contributed by atoms with Gasteiger partial charge in [0.1, 0.15) is 23.4 Å². The molecule has 0 bridgehead atoms. The molecule has 1 fully saturated rings. The maximum Gasteiger partial charge on any atom is 0.310 e. The lowest BCUT2D eigenvalue weighted by Gasteiger charge is -2.40. The Morgan fingerprint density at radius 2 is 1.81 bits per heavy atom. The van der Waals surface area contributed by atoms with Crippen LogP contribution in [0, 0.1) is 11.7 Å². The van der Waals surface area contributed by atoms with E-state index >= 15 is 0 Å². The Bertz CT molecular complexity index is 1170. The highest BCUT2D eigenvalue weighted by molar-refractivity contribution is 6.30. The molecule has 2 heterocycles. The smallest absolute Gasteiger partial charge is 0.310 e. The van der Waals surface area contributed by atoms with Gasteiger partial charge in [0.15, 0.2) is 11.2 Å². The fourth-order valence-electron chi connectivity index (χ4n) is 5.10. The van der Waals surface area contributed by atoms with E-state index in [1.54, 1.807) is 30.3 Å². The molecular formula is C23H17ClFNO5. The Morgan fingerprint density at radius 1 is 1.13 bits per heavy atom. The number of nitrogens with zero attached hydrogens (tertiary/aromatic N) is 1. The van der Waals surface area contributed by atoms with E-state index in [2.05, 4.69) is 4.98 Å². The minimum absolute atomic E-state index is 0.0154. The van der Waals surface area contributed by atoms with Crippen molar-refractivity contribution in [2.45, 2.75) is 23.2 Å². The standard InChI is InChI=1S/C23H17ClFNO5/c24-14-10-16-19(26-11-14)22(30)20(27)17(21(28)29)18(12-4-2-1-3-5-12)23(22,31-16)13-6-8-15(25)9-7-13/h1-11,17-18,20,27,30H,(H,28,29). The van der Waals surface area contributed by atoms with Crippen molar-refractivity contribution in [3.63, 3.8) is 0 Å². The second kappa shape index (κ2) is 6.75. The molecule has 8 heteroatoms. The van der Waals surface area contributed by atoms with Gasteiger partial charge >= 0.3 is 5.97 Å². The molecule has 2 aliphatic rings. The number of fused-ring (bicyclic) bond motifs is 3. The van der Waals surface area contributed by atoms with Crippen molar-refractivity contribution >= 4 is 17.6 Å². The predicted molar refractivity (Wildman–Crippen MR) is 108 cm³/mol. The molecule has 0 amide bonds. The summed E-state index contributed by atoms with van der Waals surface area (Å²) in [5.41, 5.74) is -3.19. The van der Waals surface area contributed by atoms with E-state index in [1.165, 1.54) is 36.5 Å². The van der Waals surface area contributed by atoms with Crippen LogP contribution in [-0.4, -0.2) is 32.4 Å². The summed E-state index contributed by atoms with van der Waals surface area (Å²) in [6.45, 7) is 0. The molecule has 1 aromatic heterocycles.